The molecule has 0 bridgehead atoms. The first-order valence-electron chi connectivity index (χ1n) is 11.6. The number of rotatable bonds is 7. The summed E-state index contributed by atoms with van der Waals surface area (Å²) >= 11 is 0. The van der Waals surface area contributed by atoms with Gasteiger partial charge in [-0.05, 0) is 56.0 Å². The molecule has 4 heterocycles. The van der Waals surface area contributed by atoms with Crippen molar-refractivity contribution in [2.45, 2.75) is 19.4 Å². The molecule has 1 fully saturated rings. The van der Waals surface area contributed by atoms with Crippen LogP contribution in [0, 0.1) is 5.82 Å². The Hall–Kier alpha value is -3.39. The van der Waals surface area contributed by atoms with Gasteiger partial charge in [-0.1, -0.05) is 0 Å². The van der Waals surface area contributed by atoms with Crippen molar-refractivity contribution in [3.05, 3.63) is 72.7 Å². The third-order valence-corrected chi connectivity index (χ3v) is 6.35. The lowest BCUT2D eigenvalue weighted by atomic mass is 10.1. The summed E-state index contributed by atoms with van der Waals surface area (Å²) in [5, 5.41) is 6.88. The Kier molecular flexibility index (Phi) is 6.26. The Balaban J connectivity index is 1.22. The third kappa shape index (κ3) is 4.85. The predicted molar refractivity (Wildman–Crippen MR) is 129 cm³/mol. The van der Waals surface area contributed by atoms with E-state index >= 15 is 0 Å². The van der Waals surface area contributed by atoms with E-state index in [1.54, 1.807) is 24.5 Å². The fraction of sp³-hybridized carbons (Fsp3) is 0.360. The van der Waals surface area contributed by atoms with E-state index in [4.69, 9.17) is 4.98 Å². The summed E-state index contributed by atoms with van der Waals surface area (Å²) in [6.07, 6.45) is 12.9. The van der Waals surface area contributed by atoms with Crippen molar-refractivity contribution in [3.63, 3.8) is 0 Å². The summed E-state index contributed by atoms with van der Waals surface area (Å²) in [4.78, 5) is 14.0. The van der Waals surface area contributed by atoms with Crippen molar-refractivity contribution in [2.75, 3.05) is 44.6 Å². The maximum absolute atomic E-state index is 13.5. The lowest BCUT2D eigenvalue weighted by molar-refractivity contribution is 0.159. The normalized spacial score (nSPS) is 17.6. The largest absolute Gasteiger partial charge is 0.387 e. The molecule has 0 amide bonds. The van der Waals surface area contributed by atoms with Crippen molar-refractivity contribution >= 4 is 11.5 Å². The Morgan fingerprint density at radius 3 is 2.73 bits per heavy atom. The van der Waals surface area contributed by atoms with Gasteiger partial charge < -0.3 is 15.5 Å². The number of dihydropyridines is 1. The zero-order chi connectivity index (χ0) is 22.6. The van der Waals surface area contributed by atoms with Crippen LogP contribution in [0.3, 0.4) is 0 Å². The zero-order valence-electron chi connectivity index (χ0n) is 18.9. The molecule has 0 radical (unpaired) electrons. The molecule has 7 nitrogen and oxygen atoms in total. The Morgan fingerprint density at radius 1 is 1.15 bits per heavy atom. The van der Waals surface area contributed by atoms with Crippen LogP contribution in [0.25, 0.3) is 16.9 Å². The number of nitrogens with zero attached hydrogens (tertiary/aromatic N) is 5. The van der Waals surface area contributed by atoms with Gasteiger partial charge in [0.15, 0.2) is 5.65 Å². The Bertz CT molecular complexity index is 1140. The fourth-order valence-corrected chi connectivity index (χ4v) is 4.44. The highest BCUT2D eigenvalue weighted by Crippen LogP contribution is 2.29. The van der Waals surface area contributed by atoms with E-state index in [1.165, 1.54) is 17.8 Å². The minimum atomic E-state index is -0.250. The van der Waals surface area contributed by atoms with Crippen molar-refractivity contribution in [1.29, 1.82) is 0 Å². The molecule has 2 aliphatic heterocycles. The van der Waals surface area contributed by atoms with Gasteiger partial charge in [0.05, 0.1) is 6.20 Å². The molecule has 172 valence electrons. The van der Waals surface area contributed by atoms with Gasteiger partial charge in [0.2, 0.25) is 0 Å². The van der Waals surface area contributed by atoms with Crippen LogP contribution in [0.5, 0.6) is 0 Å². The summed E-state index contributed by atoms with van der Waals surface area (Å²) in [7, 11) is 0. The van der Waals surface area contributed by atoms with Crippen molar-refractivity contribution in [2.24, 2.45) is 0 Å². The standard InChI is InChI=1S/C25H30FN7/c1-19(8-12-31-14-16-32(17-15-31)22-6-9-27-10-7-22)29-25-24(20-2-4-21(26)5-3-20)30-23-18-28-11-13-33(23)25/h2-7,9,11,13,18-19,27,29H,8,10,12,14-17H2,1H3. The molecule has 1 saturated heterocycles. The number of aromatic nitrogens is 3. The van der Waals surface area contributed by atoms with Gasteiger partial charge in [-0.25, -0.2) is 9.37 Å². The van der Waals surface area contributed by atoms with Crippen LogP contribution in [0.2, 0.25) is 0 Å². The van der Waals surface area contributed by atoms with Crippen LogP contribution in [0.15, 0.2) is 66.9 Å². The third-order valence-electron chi connectivity index (χ3n) is 6.35. The average molecular weight is 448 g/mol. The number of hydrogen-bond donors (Lipinski definition) is 2. The van der Waals surface area contributed by atoms with E-state index in [-0.39, 0.29) is 11.9 Å². The van der Waals surface area contributed by atoms with E-state index in [9.17, 15) is 4.39 Å². The highest BCUT2D eigenvalue weighted by molar-refractivity contribution is 5.76. The lowest BCUT2D eigenvalue weighted by Crippen LogP contribution is -2.46. The molecule has 0 aliphatic carbocycles. The van der Waals surface area contributed by atoms with Gasteiger partial charge in [0, 0.05) is 69.0 Å². The van der Waals surface area contributed by atoms with E-state index in [1.807, 2.05) is 16.8 Å². The highest BCUT2D eigenvalue weighted by atomic mass is 19.1. The van der Waals surface area contributed by atoms with Crippen LogP contribution in [0.4, 0.5) is 10.2 Å². The van der Waals surface area contributed by atoms with E-state index in [2.05, 4.69) is 44.5 Å². The summed E-state index contributed by atoms with van der Waals surface area (Å²) in [5.74, 6) is 0.667. The first-order valence-corrected chi connectivity index (χ1v) is 11.6. The SMILES string of the molecule is CC(CCN1CCN(C2=CCNC=C2)CC1)Nc1c(-c2ccc(F)cc2)nc2cnccn12. The predicted octanol–water partition coefficient (Wildman–Crippen LogP) is 3.34. The van der Waals surface area contributed by atoms with E-state index in [0.29, 0.717) is 0 Å². The molecular weight excluding hydrogens is 417 g/mol. The molecule has 33 heavy (non-hydrogen) atoms. The molecule has 1 unspecified atom stereocenters. The molecule has 8 heteroatoms. The van der Waals surface area contributed by atoms with E-state index in [0.717, 1.165) is 68.4 Å². The monoisotopic (exact) mass is 447 g/mol. The molecule has 2 N–H and O–H groups in total. The molecule has 1 aromatic carbocycles. The molecule has 0 spiro atoms. The maximum Gasteiger partial charge on any atom is 0.157 e. The number of hydrogen-bond acceptors (Lipinski definition) is 6. The summed E-state index contributed by atoms with van der Waals surface area (Å²) < 4.78 is 15.5. The van der Waals surface area contributed by atoms with Gasteiger partial charge in [-0.15, -0.1) is 0 Å². The summed E-state index contributed by atoms with van der Waals surface area (Å²) in [6.45, 7) is 8.44. The molecule has 1 atom stereocenters. The molecule has 2 aromatic heterocycles. The van der Waals surface area contributed by atoms with Crippen LogP contribution >= 0.6 is 0 Å². The molecular formula is C25H30FN7. The summed E-state index contributed by atoms with van der Waals surface area (Å²) in [6, 6.07) is 6.74. The smallest absolute Gasteiger partial charge is 0.157 e. The fourth-order valence-electron chi connectivity index (χ4n) is 4.44. The van der Waals surface area contributed by atoms with Gasteiger partial charge in [0.1, 0.15) is 17.3 Å². The van der Waals surface area contributed by atoms with Crippen LogP contribution in [0.1, 0.15) is 13.3 Å². The highest BCUT2D eigenvalue weighted by Gasteiger charge is 2.20. The van der Waals surface area contributed by atoms with Gasteiger partial charge >= 0.3 is 0 Å². The first-order chi connectivity index (χ1) is 16.2. The van der Waals surface area contributed by atoms with Gasteiger partial charge in [-0.2, -0.15) is 0 Å². The Labute approximate surface area is 193 Å². The van der Waals surface area contributed by atoms with Gasteiger partial charge in [0.25, 0.3) is 0 Å². The molecule has 5 rings (SSSR count). The van der Waals surface area contributed by atoms with Crippen LogP contribution < -0.4 is 10.6 Å². The molecule has 0 saturated carbocycles. The van der Waals surface area contributed by atoms with Crippen molar-refractivity contribution in [3.8, 4) is 11.3 Å². The minimum absolute atomic E-state index is 0.250. The van der Waals surface area contributed by atoms with Crippen molar-refractivity contribution < 1.29 is 4.39 Å². The number of fused-ring (bicyclic) bond motifs is 1. The molecule has 3 aromatic rings. The Morgan fingerprint density at radius 2 is 1.97 bits per heavy atom. The number of allylic oxidation sites excluding steroid dienone is 1. The second kappa shape index (κ2) is 9.62. The quantitative estimate of drug-likeness (QED) is 0.579. The van der Waals surface area contributed by atoms with Crippen LogP contribution in [-0.4, -0.2) is 69.5 Å². The zero-order valence-corrected chi connectivity index (χ0v) is 18.9. The summed E-state index contributed by atoms with van der Waals surface area (Å²) in [5.41, 5.74) is 3.79. The number of benzene rings is 1. The second-order valence-corrected chi connectivity index (χ2v) is 8.65. The minimum Gasteiger partial charge on any atom is -0.387 e. The topological polar surface area (TPSA) is 60.7 Å². The second-order valence-electron chi connectivity index (χ2n) is 8.65. The number of anilines is 1. The van der Waals surface area contributed by atoms with Crippen molar-refractivity contribution in [1.82, 2.24) is 29.5 Å². The van der Waals surface area contributed by atoms with E-state index < -0.39 is 0 Å². The number of piperazine rings is 1. The average Bonchev–Trinajstić information content (AvgIpc) is 3.22. The maximum atomic E-state index is 13.5. The lowest BCUT2D eigenvalue weighted by Gasteiger charge is -2.37. The van der Waals surface area contributed by atoms with Crippen LogP contribution in [-0.2, 0) is 0 Å². The molecule has 2 aliphatic rings. The number of imidazole rings is 1. The number of halogens is 1. The first kappa shape index (κ1) is 21.5. The number of nitrogens with one attached hydrogen (secondary N) is 2. The van der Waals surface area contributed by atoms with Gasteiger partial charge in [-0.3, -0.25) is 14.3 Å².